The third-order valence-electron chi connectivity index (χ3n) is 4.97. The summed E-state index contributed by atoms with van der Waals surface area (Å²) in [5, 5.41) is 20.6. The van der Waals surface area contributed by atoms with Crippen molar-refractivity contribution in [3.8, 4) is 0 Å². The lowest BCUT2D eigenvalue weighted by molar-refractivity contribution is 0.131. The highest BCUT2D eigenvalue weighted by Gasteiger charge is 2.34. The van der Waals surface area contributed by atoms with E-state index in [1.807, 2.05) is 11.6 Å². The lowest BCUT2D eigenvalue weighted by Crippen LogP contribution is -2.35. The van der Waals surface area contributed by atoms with Gasteiger partial charge in [0.25, 0.3) is 0 Å². The second-order valence-electron chi connectivity index (χ2n) is 6.82. The summed E-state index contributed by atoms with van der Waals surface area (Å²) in [6.07, 6.45) is 3.17. The number of tetrazole rings is 1. The Hall–Kier alpha value is -2.61. The Kier molecular flexibility index (Phi) is 3.37. The molecule has 8 heteroatoms. The summed E-state index contributed by atoms with van der Waals surface area (Å²) in [6.45, 7) is 3.31. The van der Waals surface area contributed by atoms with E-state index < -0.39 is 0 Å². The van der Waals surface area contributed by atoms with Gasteiger partial charge in [0.2, 0.25) is 11.8 Å². The Morgan fingerprint density at radius 1 is 1.12 bits per heavy atom. The van der Waals surface area contributed by atoms with Gasteiger partial charge in [-0.15, -0.1) is 15.3 Å². The first-order valence-electron chi connectivity index (χ1n) is 8.65. The van der Waals surface area contributed by atoms with Gasteiger partial charge < -0.3 is 4.42 Å². The Labute approximate surface area is 144 Å². The van der Waals surface area contributed by atoms with Crippen LogP contribution in [0, 0.1) is 6.92 Å². The van der Waals surface area contributed by atoms with Crippen LogP contribution in [0.4, 0.5) is 0 Å². The molecule has 2 aromatic heterocycles. The van der Waals surface area contributed by atoms with Crippen LogP contribution >= 0.6 is 0 Å². The van der Waals surface area contributed by atoms with Crippen LogP contribution in [0.25, 0.3) is 0 Å². The number of hydrogen-bond acceptors (Lipinski definition) is 7. The summed E-state index contributed by atoms with van der Waals surface area (Å²) in [5.41, 5.74) is 2.67. The molecule has 0 spiro atoms. The average molecular weight is 337 g/mol. The SMILES string of the molecule is Cc1nnc([C@H]2Cc3ccccc3CN2Cc2nnnn2C2CC2)o1. The van der Waals surface area contributed by atoms with E-state index in [9.17, 15) is 0 Å². The van der Waals surface area contributed by atoms with Gasteiger partial charge in [0.15, 0.2) is 5.82 Å². The molecule has 5 rings (SSSR count). The Balaban J connectivity index is 1.49. The van der Waals surface area contributed by atoms with Crippen molar-refractivity contribution in [2.45, 2.75) is 51.4 Å². The van der Waals surface area contributed by atoms with Crippen molar-refractivity contribution in [3.05, 3.63) is 53.0 Å². The zero-order valence-corrected chi connectivity index (χ0v) is 14.0. The minimum atomic E-state index is 0.0421. The van der Waals surface area contributed by atoms with Crippen LogP contribution in [0.15, 0.2) is 28.7 Å². The van der Waals surface area contributed by atoms with Gasteiger partial charge in [-0.1, -0.05) is 24.3 Å². The van der Waals surface area contributed by atoms with E-state index in [0.717, 1.165) is 31.6 Å². The molecule has 1 aliphatic heterocycles. The minimum Gasteiger partial charge on any atom is -0.424 e. The predicted octanol–water partition coefficient (Wildman–Crippen LogP) is 2.00. The number of rotatable bonds is 4. The van der Waals surface area contributed by atoms with E-state index in [1.165, 1.54) is 11.1 Å². The van der Waals surface area contributed by atoms with Crippen LogP contribution in [-0.4, -0.2) is 35.3 Å². The predicted molar refractivity (Wildman–Crippen MR) is 87.3 cm³/mol. The van der Waals surface area contributed by atoms with Gasteiger partial charge in [0, 0.05) is 13.5 Å². The molecule has 1 fully saturated rings. The molecule has 25 heavy (non-hydrogen) atoms. The average Bonchev–Trinajstić information content (AvgIpc) is 3.21. The molecule has 0 bridgehead atoms. The van der Waals surface area contributed by atoms with Crippen LogP contribution in [0.1, 0.15) is 53.7 Å². The van der Waals surface area contributed by atoms with Gasteiger partial charge in [-0.05, 0) is 40.8 Å². The van der Waals surface area contributed by atoms with E-state index >= 15 is 0 Å². The first-order chi connectivity index (χ1) is 12.3. The molecular formula is C17H19N7O. The Morgan fingerprint density at radius 2 is 1.96 bits per heavy atom. The summed E-state index contributed by atoms with van der Waals surface area (Å²) < 4.78 is 7.72. The molecule has 0 radical (unpaired) electrons. The monoisotopic (exact) mass is 337 g/mol. The van der Waals surface area contributed by atoms with Crippen molar-refractivity contribution in [1.29, 1.82) is 0 Å². The highest BCUT2D eigenvalue weighted by Crippen LogP contribution is 2.37. The highest BCUT2D eigenvalue weighted by atomic mass is 16.4. The number of aromatic nitrogens is 6. The van der Waals surface area contributed by atoms with Gasteiger partial charge in [0.1, 0.15) is 0 Å². The van der Waals surface area contributed by atoms with Crippen LogP contribution < -0.4 is 0 Å². The molecular weight excluding hydrogens is 318 g/mol. The first-order valence-corrected chi connectivity index (χ1v) is 8.65. The van der Waals surface area contributed by atoms with Crippen molar-refractivity contribution in [2.24, 2.45) is 0 Å². The zero-order chi connectivity index (χ0) is 16.8. The molecule has 128 valence electrons. The fourth-order valence-electron chi connectivity index (χ4n) is 3.53. The zero-order valence-electron chi connectivity index (χ0n) is 14.0. The molecule has 3 aromatic rings. The topological polar surface area (TPSA) is 85.8 Å². The quantitative estimate of drug-likeness (QED) is 0.719. The summed E-state index contributed by atoms with van der Waals surface area (Å²) in [4.78, 5) is 2.33. The van der Waals surface area contributed by atoms with Crippen LogP contribution in [0.2, 0.25) is 0 Å². The smallest absolute Gasteiger partial charge is 0.233 e. The molecule has 0 unspecified atom stereocenters. The van der Waals surface area contributed by atoms with Crippen molar-refractivity contribution in [1.82, 2.24) is 35.3 Å². The molecule has 2 aliphatic rings. The first kappa shape index (κ1) is 14.7. The molecule has 0 amide bonds. The maximum Gasteiger partial charge on any atom is 0.233 e. The molecule has 1 aliphatic carbocycles. The van der Waals surface area contributed by atoms with E-state index in [1.54, 1.807) is 0 Å². The number of aryl methyl sites for hydroxylation is 1. The second-order valence-corrected chi connectivity index (χ2v) is 6.82. The third-order valence-corrected chi connectivity index (χ3v) is 4.97. The van der Waals surface area contributed by atoms with Crippen molar-refractivity contribution in [2.75, 3.05) is 0 Å². The van der Waals surface area contributed by atoms with E-state index in [4.69, 9.17) is 4.42 Å². The van der Waals surface area contributed by atoms with E-state index in [-0.39, 0.29) is 6.04 Å². The fourth-order valence-corrected chi connectivity index (χ4v) is 3.53. The van der Waals surface area contributed by atoms with Gasteiger partial charge in [-0.3, -0.25) is 4.90 Å². The Bertz CT molecular complexity index is 898. The van der Waals surface area contributed by atoms with E-state index in [2.05, 4.69) is 54.9 Å². The minimum absolute atomic E-state index is 0.0421. The number of hydrogen-bond donors (Lipinski definition) is 0. The lowest BCUT2D eigenvalue weighted by atomic mass is 9.94. The summed E-state index contributed by atoms with van der Waals surface area (Å²) in [6, 6.07) is 9.03. The molecule has 3 heterocycles. The van der Waals surface area contributed by atoms with Crippen molar-refractivity contribution < 1.29 is 4.42 Å². The molecule has 1 saturated carbocycles. The number of benzene rings is 1. The van der Waals surface area contributed by atoms with Gasteiger partial charge in [0.05, 0.1) is 18.6 Å². The van der Waals surface area contributed by atoms with Crippen LogP contribution in [0.3, 0.4) is 0 Å². The Morgan fingerprint density at radius 3 is 2.72 bits per heavy atom. The summed E-state index contributed by atoms with van der Waals surface area (Å²) in [5.74, 6) is 2.16. The van der Waals surface area contributed by atoms with Gasteiger partial charge in [-0.25, -0.2) is 4.68 Å². The number of fused-ring (bicyclic) bond motifs is 1. The normalized spacial score (nSPS) is 20.6. The lowest BCUT2D eigenvalue weighted by Gasteiger charge is -2.34. The van der Waals surface area contributed by atoms with Crippen molar-refractivity contribution >= 4 is 0 Å². The molecule has 8 nitrogen and oxygen atoms in total. The third kappa shape index (κ3) is 2.72. The number of nitrogens with zero attached hydrogens (tertiary/aromatic N) is 7. The molecule has 1 atom stereocenters. The second kappa shape index (κ2) is 5.73. The maximum atomic E-state index is 5.76. The van der Waals surface area contributed by atoms with Crippen molar-refractivity contribution in [3.63, 3.8) is 0 Å². The van der Waals surface area contributed by atoms with Crippen LogP contribution in [-0.2, 0) is 19.5 Å². The summed E-state index contributed by atoms with van der Waals surface area (Å²) >= 11 is 0. The van der Waals surface area contributed by atoms with Gasteiger partial charge in [-0.2, -0.15) is 0 Å². The molecule has 1 aromatic carbocycles. The fraction of sp³-hybridized carbons (Fsp3) is 0.471. The largest absolute Gasteiger partial charge is 0.424 e. The summed E-state index contributed by atoms with van der Waals surface area (Å²) in [7, 11) is 0. The highest BCUT2D eigenvalue weighted by molar-refractivity contribution is 5.30. The molecule has 0 saturated heterocycles. The van der Waals surface area contributed by atoms with E-state index in [0.29, 0.717) is 24.4 Å². The molecule has 0 N–H and O–H groups in total. The van der Waals surface area contributed by atoms with Gasteiger partial charge >= 0.3 is 0 Å². The maximum absolute atomic E-state index is 5.76. The van der Waals surface area contributed by atoms with Crippen LogP contribution in [0.5, 0.6) is 0 Å². The standard InChI is InChI=1S/C17H19N7O/c1-11-18-20-17(25-11)15-8-12-4-2-3-5-13(12)9-23(15)10-16-19-21-22-24(16)14-6-7-14/h2-5,14-15H,6-10H2,1H3/t15-/m1/s1.